The Labute approximate surface area is 148 Å². The summed E-state index contributed by atoms with van der Waals surface area (Å²) < 4.78 is 23.8. The van der Waals surface area contributed by atoms with Gasteiger partial charge in [0.25, 0.3) is 0 Å². The molecule has 0 amide bonds. The van der Waals surface area contributed by atoms with Crippen molar-refractivity contribution in [2.45, 2.75) is 19.3 Å². The van der Waals surface area contributed by atoms with E-state index in [0.29, 0.717) is 32.8 Å². The molecule has 2 aromatic rings. The fourth-order valence-electron chi connectivity index (χ4n) is 2.54. The number of benzene rings is 2. The standard InChI is InChI=1S/C20H26FNO3/c1-24-12-11-22(13-17-7-9-19(21)10-8-17)14-20(23)16-25-15-18-5-3-2-4-6-18/h2-10,20,23H,11-16H2,1H3/t20-/m0/s1. The number of rotatable bonds is 11. The van der Waals surface area contributed by atoms with Crippen LogP contribution in [0.1, 0.15) is 11.1 Å². The first kappa shape index (κ1) is 19.5. The molecule has 0 saturated heterocycles. The van der Waals surface area contributed by atoms with Gasteiger partial charge >= 0.3 is 0 Å². The maximum absolute atomic E-state index is 13.0. The third kappa shape index (κ3) is 7.75. The zero-order chi connectivity index (χ0) is 17.9. The molecule has 4 nitrogen and oxygen atoms in total. The van der Waals surface area contributed by atoms with Gasteiger partial charge in [0.05, 0.1) is 25.9 Å². The summed E-state index contributed by atoms with van der Waals surface area (Å²) in [4.78, 5) is 2.08. The van der Waals surface area contributed by atoms with Crippen molar-refractivity contribution in [3.05, 3.63) is 71.5 Å². The van der Waals surface area contributed by atoms with Crippen LogP contribution >= 0.6 is 0 Å². The maximum atomic E-state index is 13.0. The summed E-state index contributed by atoms with van der Waals surface area (Å²) in [6.45, 7) is 3.09. The molecule has 2 aromatic carbocycles. The van der Waals surface area contributed by atoms with Crippen molar-refractivity contribution in [3.63, 3.8) is 0 Å². The Hall–Kier alpha value is -1.79. The molecular weight excluding hydrogens is 321 g/mol. The SMILES string of the molecule is COCCN(Cc1ccc(F)cc1)C[C@H](O)COCc1ccccc1. The van der Waals surface area contributed by atoms with Crippen LogP contribution in [-0.2, 0) is 22.6 Å². The number of aliphatic hydroxyl groups is 1. The molecule has 0 spiro atoms. The van der Waals surface area contributed by atoms with Crippen molar-refractivity contribution in [2.75, 3.05) is 33.4 Å². The first-order valence-electron chi connectivity index (χ1n) is 8.43. The fraction of sp³-hybridized carbons (Fsp3) is 0.400. The second-order valence-corrected chi connectivity index (χ2v) is 6.01. The highest BCUT2D eigenvalue weighted by atomic mass is 19.1. The topological polar surface area (TPSA) is 41.9 Å². The van der Waals surface area contributed by atoms with Gasteiger partial charge in [-0.3, -0.25) is 4.90 Å². The summed E-state index contributed by atoms with van der Waals surface area (Å²) in [6.07, 6.45) is -0.596. The van der Waals surface area contributed by atoms with Gasteiger partial charge in [0.1, 0.15) is 5.82 Å². The maximum Gasteiger partial charge on any atom is 0.123 e. The molecule has 0 saturated carbocycles. The summed E-state index contributed by atoms with van der Waals surface area (Å²) in [5.41, 5.74) is 2.08. The largest absolute Gasteiger partial charge is 0.389 e. The van der Waals surface area contributed by atoms with Gasteiger partial charge in [-0.2, -0.15) is 0 Å². The monoisotopic (exact) mass is 347 g/mol. The van der Waals surface area contributed by atoms with Gasteiger partial charge in [0.2, 0.25) is 0 Å². The number of halogens is 1. The molecule has 0 heterocycles. The van der Waals surface area contributed by atoms with Crippen molar-refractivity contribution in [2.24, 2.45) is 0 Å². The summed E-state index contributed by atoms with van der Waals surface area (Å²) in [7, 11) is 1.65. The molecule has 0 bridgehead atoms. The van der Waals surface area contributed by atoms with Crippen LogP contribution in [0.5, 0.6) is 0 Å². The van der Waals surface area contributed by atoms with E-state index in [4.69, 9.17) is 9.47 Å². The van der Waals surface area contributed by atoms with E-state index in [1.807, 2.05) is 30.3 Å². The van der Waals surface area contributed by atoms with E-state index in [1.54, 1.807) is 19.2 Å². The lowest BCUT2D eigenvalue weighted by atomic mass is 10.2. The third-order valence-corrected chi connectivity index (χ3v) is 3.82. The van der Waals surface area contributed by atoms with Gasteiger partial charge in [-0.1, -0.05) is 42.5 Å². The Bertz CT molecular complexity index is 592. The van der Waals surface area contributed by atoms with Gasteiger partial charge in [-0.25, -0.2) is 4.39 Å². The molecule has 2 rings (SSSR count). The molecule has 25 heavy (non-hydrogen) atoms. The number of methoxy groups -OCH3 is 1. The van der Waals surface area contributed by atoms with Crippen LogP contribution in [-0.4, -0.2) is 49.5 Å². The number of aliphatic hydroxyl groups excluding tert-OH is 1. The normalized spacial score (nSPS) is 12.5. The number of ether oxygens (including phenoxy) is 2. The molecule has 0 aliphatic carbocycles. The number of nitrogens with zero attached hydrogens (tertiary/aromatic N) is 1. The van der Waals surface area contributed by atoms with Crippen LogP contribution in [0.3, 0.4) is 0 Å². The van der Waals surface area contributed by atoms with Gasteiger partial charge in [-0.05, 0) is 23.3 Å². The Morgan fingerprint density at radius 3 is 2.44 bits per heavy atom. The number of hydrogen-bond donors (Lipinski definition) is 1. The van der Waals surface area contributed by atoms with E-state index >= 15 is 0 Å². The van der Waals surface area contributed by atoms with Crippen LogP contribution in [0, 0.1) is 5.82 Å². The molecule has 0 aliphatic rings. The average Bonchev–Trinajstić information content (AvgIpc) is 2.62. The molecule has 1 atom stereocenters. The Morgan fingerprint density at radius 1 is 1.04 bits per heavy atom. The van der Waals surface area contributed by atoms with Gasteiger partial charge in [-0.15, -0.1) is 0 Å². The minimum atomic E-state index is -0.596. The van der Waals surface area contributed by atoms with Crippen molar-refractivity contribution in [1.29, 1.82) is 0 Å². The quantitative estimate of drug-likeness (QED) is 0.679. The second kappa shape index (κ2) is 10.9. The van der Waals surface area contributed by atoms with E-state index in [0.717, 1.165) is 11.1 Å². The molecule has 1 N–H and O–H groups in total. The Morgan fingerprint density at radius 2 is 1.76 bits per heavy atom. The van der Waals surface area contributed by atoms with E-state index in [1.165, 1.54) is 12.1 Å². The van der Waals surface area contributed by atoms with Crippen molar-refractivity contribution < 1.29 is 19.0 Å². The van der Waals surface area contributed by atoms with Crippen LogP contribution in [0.4, 0.5) is 4.39 Å². The minimum Gasteiger partial charge on any atom is -0.389 e. The van der Waals surface area contributed by atoms with Crippen LogP contribution in [0.25, 0.3) is 0 Å². The van der Waals surface area contributed by atoms with Gasteiger partial charge in [0.15, 0.2) is 0 Å². The lowest BCUT2D eigenvalue weighted by Crippen LogP contribution is -2.36. The highest BCUT2D eigenvalue weighted by Crippen LogP contribution is 2.08. The van der Waals surface area contributed by atoms with Crippen molar-refractivity contribution in [1.82, 2.24) is 4.90 Å². The minimum absolute atomic E-state index is 0.249. The lowest BCUT2D eigenvalue weighted by Gasteiger charge is -2.25. The molecule has 136 valence electrons. The molecule has 5 heteroatoms. The summed E-state index contributed by atoms with van der Waals surface area (Å²) in [5.74, 6) is -0.249. The van der Waals surface area contributed by atoms with Crippen LogP contribution < -0.4 is 0 Å². The predicted octanol–water partition coefficient (Wildman–Crippen LogP) is 2.85. The molecule has 0 aromatic heterocycles. The average molecular weight is 347 g/mol. The summed E-state index contributed by atoms with van der Waals surface area (Å²) >= 11 is 0. The summed E-state index contributed by atoms with van der Waals surface area (Å²) in [6, 6.07) is 16.3. The lowest BCUT2D eigenvalue weighted by molar-refractivity contribution is 0.00479. The van der Waals surface area contributed by atoms with Gasteiger partial charge in [0, 0.05) is 26.7 Å². The summed E-state index contributed by atoms with van der Waals surface area (Å²) in [5, 5.41) is 10.3. The molecule has 0 unspecified atom stereocenters. The third-order valence-electron chi connectivity index (χ3n) is 3.82. The second-order valence-electron chi connectivity index (χ2n) is 6.01. The van der Waals surface area contributed by atoms with Crippen molar-refractivity contribution >= 4 is 0 Å². The van der Waals surface area contributed by atoms with Gasteiger partial charge < -0.3 is 14.6 Å². The number of hydrogen-bond acceptors (Lipinski definition) is 4. The van der Waals surface area contributed by atoms with E-state index < -0.39 is 6.10 Å². The van der Waals surface area contributed by atoms with Crippen LogP contribution in [0.2, 0.25) is 0 Å². The zero-order valence-corrected chi connectivity index (χ0v) is 14.6. The molecular formula is C20H26FNO3. The van der Waals surface area contributed by atoms with E-state index in [2.05, 4.69) is 4.90 Å². The van der Waals surface area contributed by atoms with E-state index in [-0.39, 0.29) is 12.4 Å². The van der Waals surface area contributed by atoms with E-state index in [9.17, 15) is 9.50 Å². The first-order valence-corrected chi connectivity index (χ1v) is 8.43. The fourth-order valence-corrected chi connectivity index (χ4v) is 2.54. The van der Waals surface area contributed by atoms with Crippen molar-refractivity contribution in [3.8, 4) is 0 Å². The molecule has 0 fully saturated rings. The first-order chi connectivity index (χ1) is 12.2. The highest BCUT2D eigenvalue weighted by Gasteiger charge is 2.13. The molecule has 0 aliphatic heterocycles. The van der Waals surface area contributed by atoms with Crippen LogP contribution in [0.15, 0.2) is 54.6 Å². The highest BCUT2D eigenvalue weighted by molar-refractivity contribution is 5.16. The Kier molecular flexibility index (Phi) is 8.55. The smallest absolute Gasteiger partial charge is 0.123 e. The zero-order valence-electron chi connectivity index (χ0n) is 14.6. The predicted molar refractivity (Wildman–Crippen MR) is 95.7 cm³/mol. The Balaban J connectivity index is 1.79. The molecule has 0 radical (unpaired) electrons.